The summed E-state index contributed by atoms with van der Waals surface area (Å²) in [5.74, 6) is -0.902. The quantitative estimate of drug-likeness (QED) is 0.629. The van der Waals surface area contributed by atoms with Gasteiger partial charge in [-0.05, 0) is 26.7 Å². The summed E-state index contributed by atoms with van der Waals surface area (Å²) in [7, 11) is 0. The third-order valence-electron chi connectivity index (χ3n) is 4.52. The highest BCUT2D eigenvalue weighted by molar-refractivity contribution is 6.44. The van der Waals surface area contributed by atoms with Crippen LogP contribution in [0.1, 0.15) is 49.1 Å². The number of imide groups is 2. The first-order valence-electron chi connectivity index (χ1n) is 7.61. The van der Waals surface area contributed by atoms with E-state index in [0.717, 1.165) is 41.9 Å². The Hall–Kier alpha value is -2.18. The molecular formula is C15H19N3O4. The topological polar surface area (TPSA) is 83.7 Å². The van der Waals surface area contributed by atoms with E-state index in [1.165, 1.54) is 0 Å². The van der Waals surface area contributed by atoms with Gasteiger partial charge in [-0.3, -0.25) is 19.4 Å². The molecule has 1 saturated heterocycles. The van der Waals surface area contributed by atoms with Crippen LogP contribution in [0.15, 0.2) is 4.52 Å². The molecule has 22 heavy (non-hydrogen) atoms. The Bertz CT molecular complexity index is 611. The van der Waals surface area contributed by atoms with Crippen LogP contribution in [0.25, 0.3) is 0 Å². The van der Waals surface area contributed by atoms with Gasteiger partial charge in [0.25, 0.3) is 0 Å². The van der Waals surface area contributed by atoms with Crippen LogP contribution in [0.2, 0.25) is 0 Å². The van der Waals surface area contributed by atoms with Gasteiger partial charge in [-0.25, -0.2) is 4.79 Å². The highest BCUT2D eigenvalue weighted by atomic mass is 16.5. The number of hydrogen-bond donors (Lipinski definition) is 0. The number of carbonyl (C=O) groups excluding carboxylic acids is 3. The fourth-order valence-corrected chi connectivity index (χ4v) is 3.21. The van der Waals surface area contributed by atoms with E-state index in [2.05, 4.69) is 5.16 Å². The minimum absolute atomic E-state index is 0.0355. The highest BCUT2D eigenvalue weighted by Gasteiger charge is 2.47. The fraction of sp³-hybridized carbons (Fsp3) is 0.600. The van der Waals surface area contributed by atoms with E-state index in [4.69, 9.17) is 4.52 Å². The third kappa shape index (κ3) is 2.30. The van der Waals surface area contributed by atoms with Gasteiger partial charge in [0.05, 0.1) is 12.2 Å². The lowest BCUT2D eigenvalue weighted by molar-refractivity contribution is -0.144. The molecule has 1 aliphatic carbocycles. The number of carbonyl (C=O) groups is 3. The van der Waals surface area contributed by atoms with Crippen LogP contribution >= 0.6 is 0 Å². The largest absolute Gasteiger partial charge is 0.361 e. The molecular weight excluding hydrogens is 286 g/mol. The van der Waals surface area contributed by atoms with Crippen molar-refractivity contribution in [2.45, 2.75) is 58.5 Å². The number of aryl methyl sites for hydroxylation is 2. The van der Waals surface area contributed by atoms with Crippen LogP contribution < -0.4 is 0 Å². The summed E-state index contributed by atoms with van der Waals surface area (Å²) >= 11 is 0. The Morgan fingerprint density at radius 1 is 1.09 bits per heavy atom. The van der Waals surface area contributed by atoms with Crippen molar-refractivity contribution in [2.24, 2.45) is 0 Å². The van der Waals surface area contributed by atoms with Crippen molar-refractivity contribution < 1.29 is 18.9 Å². The average molecular weight is 305 g/mol. The molecule has 0 N–H and O–H groups in total. The van der Waals surface area contributed by atoms with Crippen molar-refractivity contribution in [3.63, 3.8) is 0 Å². The molecule has 2 aliphatic rings. The first kappa shape index (κ1) is 14.7. The van der Waals surface area contributed by atoms with Crippen LogP contribution in [0.3, 0.4) is 0 Å². The van der Waals surface area contributed by atoms with Gasteiger partial charge in [0, 0.05) is 11.6 Å². The predicted octanol–water partition coefficient (Wildman–Crippen LogP) is 1.91. The van der Waals surface area contributed by atoms with Crippen LogP contribution in [0.4, 0.5) is 4.79 Å². The van der Waals surface area contributed by atoms with E-state index < -0.39 is 17.8 Å². The maximum absolute atomic E-state index is 12.5. The number of urea groups is 1. The molecule has 7 heteroatoms. The average Bonchev–Trinajstić information content (AvgIpc) is 2.93. The molecule has 0 radical (unpaired) electrons. The van der Waals surface area contributed by atoms with Crippen LogP contribution in [-0.2, 0) is 16.1 Å². The number of rotatable bonds is 3. The summed E-state index contributed by atoms with van der Waals surface area (Å²) in [5, 5.41) is 3.81. The lowest BCUT2D eigenvalue weighted by Gasteiger charge is -2.28. The van der Waals surface area contributed by atoms with Crippen LogP contribution in [-0.4, -0.2) is 38.8 Å². The van der Waals surface area contributed by atoms with Crippen molar-refractivity contribution >= 4 is 17.8 Å². The molecule has 4 amide bonds. The normalized spacial score (nSPS) is 20.4. The molecule has 0 unspecified atom stereocenters. The molecule has 3 rings (SSSR count). The lowest BCUT2D eigenvalue weighted by Crippen LogP contribution is -2.42. The van der Waals surface area contributed by atoms with E-state index in [1.54, 1.807) is 13.8 Å². The monoisotopic (exact) mass is 305 g/mol. The number of hydrogen-bond acceptors (Lipinski definition) is 5. The van der Waals surface area contributed by atoms with Crippen LogP contribution in [0, 0.1) is 13.8 Å². The number of aromatic nitrogens is 1. The van der Waals surface area contributed by atoms with Gasteiger partial charge in [0.15, 0.2) is 0 Å². The predicted molar refractivity (Wildman–Crippen MR) is 75.6 cm³/mol. The molecule has 2 fully saturated rings. The second-order valence-corrected chi connectivity index (χ2v) is 5.94. The summed E-state index contributed by atoms with van der Waals surface area (Å²) < 4.78 is 5.05. The number of nitrogens with zero attached hydrogens (tertiary/aromatic N) is 3. The molecule has 0 bridgehead atoms. The minimum atomic E-state index is -0.754. The molecule has 0 atom stereocenters. The Labute approximate surface area is 128 Å². The van der Waals surface area contributed by atoms with E-state index in [-0.39, 0.29) is 12.6 Å². The molecule has 1 aliphatic heterocycles. The fourth-order valence-electron chi connectivity index (χ4n) is 3.21. The smallest absolute Gasteiger partial charge is 0.334 e. The Kier molecular flexibility index (Phi) is 3.72. The molecule has 2 heterocycles. The zero-order valence-corrected chi connectivity index (χ0v) is 12.8. The van der Waals surface area contributed by atoms with Gasteiger partial charge in [-0.15, -0.1) is 0 Å². The summed E-state index contributed by atoms with van der Waals surface area (Å²) in [4.78, 5) is 39.1. The molecule has 1 aromatic rings. The first-order valence-corrected chi connectivity index (χ1v) is 7.61. The van der Waals surface area contributed by atoms with Gasteiger partial charge in [-0.1, -0.05) is 24.4 Å². The second-order valence-electron chi connectivity index (χ2n) is 5.94. The van der Waals surface area contributed by atoms with Crippen LogP contribution in [0.5, 0.6) is 0 Å². The standard InChI is InChI=1S/C15H19N3O4/c1-9-12(10(2)22-16-9)8-17-13(19)14(20)18(15(17)21)11-6-4-3-5-7-11/h11H,3-8H2,1-2H3. The molecule has 7 nitrogen and oxygen atoms in total. The van der Waals surface area contributed by atoms with Gasteiger partial charge >= 0.3 is 17.8 Å². The SMILES string of the molecule is Cc1noc(C)c1CN1C(=O)C(=O)N(C2CCCCC2)C1=O. The Balaban J connectivity index is 1.82. The Morgan fingerprint density at radius 3 is 2.36 bits per heavy atom. The zero-order chi connectivity index (χ0) is 15.9. The van der Waals surface area contributed by atoms with Crippen molar-refractivity contribution in [1.29, 1.82) is 0 Å². The van der Waals surface area contributed by atoms with E-state index in [9.17, 15) is 14.4 Å². The minimum Gasteiger partial charge on any atom is -0.361 e. The van der Waals surface area contributed by atoms with E-state index in [1.807, 2.05) is 0 Å². The molecule has 0 aromatic carbocycles. The second kappa shape index (κ2) is 5.55. The van der Waals surface area contributed by atoms with E-state index in [0.29, 0.717) is 17.0 Å². The molecule has 0 spiro atoms. The van der Waals surface area contributed by atoms with Crippen molar-refractivity contribution in [1.82, 2.24) is 15.0 Å². The maximum Gasteiger partial charge on any atom is 0.334 e. The summed E-state index contributed by atoms with van der Waals surface area (Å²) in [6.07, 6.45) is 4.65. The van der Waals surface area contributed by atoms with Gasteiger partial charge in [0.1, 0.15) is 5.76 Å². The number of amides is 4. The van der Waals surface area contributed by atoms with Crippen molar-refractivity contribution in [2.75, 3.05) is 0 Å². The maximum atomic E-state index is 12.5. The van der Waals surface area contributed by atoms with Gasteiger partial charge < -0.3 is 4.52 Å². The van der Waals surface area contributed by atoms with Crippen molar-refractivity contribution in [3.05, 3.63) is 17.0 Å². The van der Waals surface area contributed by atoms with Crippen molar-refractivity contribution in [3.8, 4) is 0 Å². The molecule has 1 saturated carbocycles. The third-order valence-corrected chi connectivity index (χ3v) is 4.52. The summed E-state index contributed by atoms with van der Waals surface area (Å²) in [6.45, 7) is 3.51. The highest BCUT2D eigenvalue weighted by Crippen LogP contribution is 2.28. The summed E-state index contributed by atoms with van der Waals surface area (Å²) in [6, 6.07) is -0.658. The first-order chi connectivity index (χ1) is 10.5. The Morgan fingerprint density at radius 2 is 1.77 bits per heavy atom. The van der Waals surface area contributed by atoms with E-state index >= 15 is 0 Å². The zero-order valence-electron chi connectivity index (χ0n) is 12.8. The lowest BCUT2D eigenvalue weighted by atomic mass is 9.94. The molecule has 118 valence electrons. The van der Waals surface area contributed by atoms with Gasteiger partial charge in [0.2, 0.25) is 0 Å². The summed E-state index contributed by atoms with van der Waals surface area (Å²) in [5.41, 5.74) is 1.31. The molecule has 1 aromatic heterocycles. The van der Waals surface area contributed by atoms with Gasteiger partial charge in [-0.2, -0.15) is 0 Å².